The molecule has 2 amide bonds. The van der Waals surface area contributed by atoms with Crippen LogP contribution in [0, 0.1) is 6.92 Å². The molecule has 0 fully saturated rings. The van der Waals surface area contributed by atoms with E-state index < -0.39 is 0 Å². The first-order valence-electron chi connectivity index (χ1n) is 11.4. The van der Waals surface area contributed by atoms with Crippen LogP contribution in [0.15, 0.2) is 66.7 Å². The number of anilines is 3. The number of nitrogens with one attached hydrogen (secondary N) is 2. The van der Waals surface area contributed by atoms with Gasteiger partial charge in [-0.2, -0.15) is 0 Å². The summed E-state index contributed by atoms with van der Waals surface area (Å²) in [5, 5.41) is 6.01. The standard InChI is InChI=1S/C28H36N4O/c1-19(2)29-28(33)30-26-17-8-20(3)18-25(26)27(21-9-13-23(14-10-21)31(4)5)22-11-15-24(16-12-22)32(6)7/h8-19,27H,1-7H3,(H2,29,30,33). The monoisotopic (exact) mass is 444 g/mol. The second-order valence-corrected chi connectivity index (χ2v) is 9.25. The predicted molar refractivity (Wildman–Crippen MR) is 141 cm³/mol. The molecule has 174 valence electrons. The minimum Gasteiger partial charge on any atom is -0.378 e. The van der Waals surface area contributed by atoms with Crippen LogP contribution in [-0.4, -0.2) is 40.3 Å². The molecular weight excluding hydrogens is 408 g/mol. The molecule has 2 N–H and O–H groups in total. The van der Waals surface area contributed by atoms with Crippen molar-refractivity contribution in [1.29, 1.82) is 0 Å². The Bertz CT molecular complexity index is 1020. The van der Waals surface area contributed by atoms with Crippen LogP contribution in [0.5, 0.6) is 0 Å². The van der Waals surface area contributed by atoms with Crippen LogP contribution in [0.25, 0.3) is 0 Å². The minimum atomic E-state index is -0.195. The van der Waals surface area contributed by atoms with E-state index in [1.165, 1.54) is 11.1 Å². The van der Waals surface area contributed by atoms with Crippen molar-refractivity contribution in [3.05, 3.63) is 89.0 Å². The van der Waals surface area contributed by atoms with Crippen LogP contribution in [-0.2, 0) is 0 Å². The van der Waals surface area contributed by atoms with Crippen LogP contribution >= 0.6 is 0 Å². The first kappa shape index (κ1) is 24.2. The van der Waals surface area contributed by atoms with Crippen molar-refractivity contribution in [2.45, 2.75) is 32.7 Å². The van der Waals surface area contributed by atoms with Crippen LogP contribution in [0.3, 0.4) is 0 Å². The number of carbonyl (C=O) groups is 1. The summed E-state index contributed by atoms with van der Waals surface area (Å²) >= 11 is 0. The molecule has 0 aromatic heterocycles. The average Bonchev–Trinajstić information content (AvgIpc) is 2.76. The Morgan fingerprint density at radius 1 is 0.758 bits per heavy atom. The maximum absolute atomic E-state index is 12.6. The lowest BCUT2D eigenvalue weighted by Crippen LogP contribution is -2.34. The molecule has 3 aromatic carbocycles. The lowest BCUT2D eigenvalue weighted by atomic mass is 9.83. The summed E-state index contributed by atoms with van der Waals surface area (Å²) in [5.74, 6) is -0.0216. The zero-order chi connectivity index (χ0) is 24.1. The Labute approximate surface area is 198 Å². The Balaban J connectivity index is 2.13. The summed E-state index contributed by atoms with van der Waals surface area (Å²) < 4.78 is 0. The highest BCUT2D eigenvalue weighted by atomic mass is 16.2. The van der Waals surface area contributed by atoms with Crippen LogP contribution < -0.4 is 20.4 Å². The van der Waals surface area contributed by atoms with Gasteiger partial charge in [-0.1, -0.05) is 42.0 Å². The summed E-state index contributed by atoms with van der Waals surface area (Å²) in [6, 6.07) is 23.4. The fourth-order valence-electron chi connectivity index (χ4n) is 3.94. The highest BCUT2D eigenvalue weighted by Gasteiger charge is 2.22. The Morgan fingerprint density at radius 2 is 1.24 bits per heavy atom. The number of rotatable bonds is 7. The van der Waals surface area contributed by atoms with Gasteiger partial charge in [-0.05, 0) is 67.8 Å². The Morgan fingerprint density at radius 3 is 1.67 bits per heavy atom. The van der Waals surface area contributed by atoms with Gasteiger partial charge in [-0.3, -0.25) is 0 Å². The number of hydrogen-bond donors (Lipinski definition) is 2. The molecule has 5 heteroatoms. The quantitative estimate of drug-likeness (QED) is 0.450. The van der Waals surface area contributed by atoms with Crippen LogP contribution in [0.2, 0.25) is 0 Å². The van der Waals surface area contributed by atoms with Gasteiger partial charge in [0.05, 0.1) is 0 Å². The van der Waals surface area contributed by atoms with E-state index in [9.17, 15) is 4.79 Å². The highest BCUT2D eigenvalue weighted by molar-refractivity contribution is 5.90. The topological polar surface area (TPSA) is 47.6 Å². The molecule has 3 rings (SSSR count). The maximum Gasteiger partial charge on any atom is 0.319 e. The molecule has 0 heterocycles. The van der Waals surface area contributed by atoms with Crippen molar-refractivity contribution in [2.24, 2.45) is 0 Å². The third-order valence-corrected chi connectivity index (χ3v) is 5.67. The molecule has 0 saturated heterocycles. The Kier molecular flexibility index (Phi) is 7.64. The van der Waals surface area contributed by atoms with Crippen molar-refractivity contribution in [1.82, 2.24) is 5.32 Å². The van der Waals surface area contributed by atoms with E-state index in [0.717, 1.165) is 28.2 Å². The van der Waals surface area contributed by atoms with Gasteiger partial charge in [-0.25, -0.2) is 4.79 Å². The zero-order valence-corrected chi connectivity index (χ0v) is 20.8. The molecule has 0 aliphatic heterocycles. The SMILES string of the molecule is Cc1ccc(NC(=O)NC(C)C)c(C(c2ccc(N(C)C)cc2)c2ccc(N(C)C)cc2)c1. The molecule has 0 aliphatic rings. The maximum atomic E-state index is 12.6. The summed E-state index contributed by atoms with van der Waals surface area (Å²) in [4.78, 5) is 16.8. The van der Waals surface area contributed by atoms with Crippen molar-refractivity contribution >= 4 is 23.1 Å². The third-order valence-electron chi connectivity index (χ3n) is 5.67. The molecule has 0 spiro atoms. The van der Waals surface area contributed by atoms with Gasteiger partial charge in [0, 0.05) is 57.2 Å². The lowest BCUT2D eigenvalue weighted by molar-refractivity contribution is 0.250. The first-order valence-corrected chi connectivity index (χ1v) is 11.4. The number of carbonyl (C=O) groups excluding carboxylic acids is 1. The summed E-state index contributed by atoms with van der Waals surface area (Å²) in [6.45, 7) is 6.00. The van der Waals surface area contributed by atoms with E-state index >= 15 is 0 Å². The largest absolute Gasteiger partial charge is 0.378 e. The fourth-order valence-corrected chi connectivity index (χ4v) is 3.94. The van der Waals surface area contributed by atoms with Crippen LogP contribution in [0.1, 0.15) is 42.0 Å². The molecule has 33 heavy (non-hydrogen) atoms. The van der Waals surface area contributed by atoms with Gasteiger partial charge < -0.3 is 20.4 Å². The van der Waals surface area contributed by atoms with E-state index in [1.54, 1.807) is 0 Å². The van der Waals surface area contributed by atoms with Crippen molar-refractivity contribution in [3.8, 4) is 0 Å². The number of nitrogens with zero attached hydrogens (tertiary/aromatic N) is 2. The van der Waals surface area contributed by atoms with Gasteiger partial charge in [-0.15, -0.1) is 0 Å². The third kappa shape index (κ3) is 6.07. The van der Waals surface area contributed by atoms with E-state index in [0.29, 0.717) is 0 Å². The first-order chi connectivity index (χ1) is 15.7. The summed E-state index contributed by atoms with van der Waals surface area (Å²) in [6.07, 6.45) is 0. The molecule has 0 radical (unpaired) electrons. The van der Waals surface area contributed by atoms with Crippen molar-refractivity contribution < 1.29 is 4.79 Å². The minimum absolute atomic E-state index is 0.0216. The molecule has 3 aromatic rings. The van der Waals surface area contributed by atoms with Gasteiger partial charge in [0.25, 0.3) is 0 Å². The average molecular weight is 445 g/mol. The number of hydrogen-bond acceptors (Lipinski definition) is 3. The number of urea groups is 1. The van der Waals surface area contributed by atoms with E-state index in [2.05, 4.69) is 82.0 Å². The van der Waals surface area contributed by atoms with Crippen molar-refractivity contribution in [3.63, 3.8) is 0 Å². The predicted octanol–water partition coefficient (Wildman–Crippen LogP) is 5.84. The smallest absolute Gasteiger partial charge is 0.319 e. The molecule has 5 nitrogen and oxygen atoms in total. The van der Waals surface area contributed by atoms with Gasteiger partial charge >= 0.3 is 6.03 Å². The second-order valence-electron chi connectivity index (χ2n) is 9.25. The van der Waals surface area contributed by atoms with Gasteiger partial charge in [0.15, 0.2) is 0 Å². The van der Waals surface area contributed by atoms with E-state index in [4.69, 9.17) is 0 Å². The molecule has 0 unspecified atom stereocenters. The lowest BCUT2D eigenvalue weighted by Gasteiger charge is -2.24. The Hall–Kier alpha value is -3.47. The molecule has 0 aliphatic carbocycles. The molecule has 0 bridgehead atoms. The van der Waals surface area contributed by atoms with Crippen LogP contribution in [0.4, 0.5) is 21.9 Å². The van der Waals surface area contributed by atoms with Crippen molar-refractivity contribution in [2.75, 3.05) is 43.3 Å². The van der Waals surface area contributed by atoms with Gasteiger partial charge in [0.1, 0.15) is 0 Å². The molecule has 0 saturated carbocycles. The van der Waals surface area contributed by atoms with E-state index in [-0.39, 0.29) is 18.0 Å². The number of benzene rings is 3. The molecule has 0 atom stereocenters. The highest BCUT2D eigenvalue weighted by Crippen LogP contribution is 2.38. The van der Waals surface area contributed by atoms with E-state index in [1.807, 2.05) is 54.2 Å². The summed E-state index contributed by atoms with van der Waals surface area (Å²) in [5.41, 5.74) is 7.70. The second kappa shape index (κ2) is 10.4. The zero-order valence-electron chi connectivity index (χ0n) is 20.8. The van der Waals surface area contributed by atoms with Gasteiger partial charge in [0.2, 0.25) is 0 Å². The fraction of sp³-hybridized carbons (Fsp3) is 0.321. The number of aryl methyl sites for hydroxylation is 1. The normalized spacial score (nSPS) is 10.9. The number of amides is 2. The summed E-state index contributed by atoms with van der Waals surface area (Å²) in [7, 11) is 8.18. The molecular formula is C28H36N4O.